The van der Waals surface area contributed by atoms with E-state index in [-0.39, 0.29) is 18.0 Å². The minimum Gasteiger partial charge on any atom is -0.481 e. The van der Waals surface area contributed by atoms with E-state index in [1.165, 1.54) is 19.4 Å². The minimum absolute atomic E-state index is 0.149. The fourth-order valence-electron chi connectivity index (χ4n) is 1.53. The van der Waals surface area contributed by atoms with E-state index in [1.807, 2.05) is 6.92 Å². The van der Waals surface area contributed by atoms with Crippen molar-refractivity contribution < 1.29 is 24.2 Å². The van der Waals surface area contributed by atoms with Crippen LogP contribution in [0.2, 0.25) is 0 Å². The molecule has 1 aromatic heterocycles. The Balaban J connectivity index is 2.84. The van der Waals surface area contributed by atoms with Crippen molar-refractivity contribution in [3.05, 3.63) is 17.8 Å². The number of ether oxygens (including phenoxy) is 2. The van der Waals surface area contributed by atoms with E-state index in [0.29, 0.717) is 12.2 Å². The molecular weight excluding hydrogens is 264 g/mol. The Labute approximate surface area is 116 Å². The molecule has 0 saturated heterocycles. The molecule has 0 aliphatic heterocycles. The molecule has 0 aliphatic rings. The summed E-state index contributed by atoms with van der Waals surface area (Å²) in [5.41, 5.74) is 0.621. The number of aromatic nitrogens is 1. The van der Waals surface area contributed by atoms with Crippen LogP contribution in [-0.2, 0) is 16.0 Å². The van der Waals surface area contributed by atoms with Gasteiger partial charge in [0.15, 0.2) is 0 Å². The van der Waals surface area contributed by atoms with Crippen molar-refractivity contribution in [2.45, 2.75) is 26.2 Å². The monoisotopic (exact) mass is 282 g/mol. The van der Waals surface area contributed by atoms with Crippen LogP contribution in [-0.4, -0.2) is 35.9 Å². The van der Waals surface area contributed by atoms with Crippen molar-refractivity contribution in [3.63, 3.8) is 0 Å². The quantitative estimate of drug-likeness (QED) is 0.743. The second kappa shape index (κ2) is 7.98. The highest BCUT2D eigenvalue weighted by Gasteiger charge is 2.16. The molecule has 1 amide bonds. The Morgan fingerprint density at radius 1 is 1.45 bits per heavy atom. The Morgan fingerprint density at radius 3 is 2.80 bits per heavy atom. The average Bonchev–Trinajstić information content (AvgIpc) is 2.40. The number of unbranched alkanes of at least 4 members (excludes halogenated alkanes) is 1. The predicted molar refractivity (Wildman–Crippen MR) is 72.0 cm³/mol. The number of pyridine rings is 1. The van der Waals surface area contributed by atoms with Gasteiger partial charge < -0.3 is 14.6 Å². The van der Waals surface area contributed by atoms with Gasteiger partial charge in [0.1, 0.15) is 5.69 Å². The summed E-state index contributed by atoms with van der Waals surface area (Å²) in [5.74, 6) is -0.864. The Bertz CT molecular complexity index is 476. The SMILES string of the molecule is CCCCOC(=O)Nc1c(CC(=O)O)ccnc1OC. The fraction of sp³-hybridized carbons (Fsp3) is 0.462. The molecule has 0 radical (unpaired) electrons. The van der Waals surface area contributed by atoms with E-state index < -0.39 is 12.1 Å². The standard InChI is InChI=1S/C13H18N2O5/c1-3-4-7-20-13(18)15-11-9(8-10(16)17)5-6-14-12(11)19-2/h5-6H,3-4,7-8H2,1-2H3,(H,15,18)(H,16,17). The molecule has 1 rings (SSSR count). The first-order chi connectivity index (χ1) is 9.58. The van der Waals surface area contributed by atoms with E-state index in [9.17, 15) is 9.59 Å². The molecular formula is C13H18N2O5. The lowest BCUT2D eigenvalue weighted by Crippen LogP contribution is -2.17. The maximum atomic E-state index is 11.6. The van der Waals surface area contributed by atoms with Crippen molar-refractivity contribution in [2.24, 2.45) is 0 Å². The third kappa shape index (κ3) is 4.75. The van der Waals surface area contributed by atoms with Crippen LogP contribution in [0.4, 0.5) is 10.5 Å². The number of anilines is 1. The third-order valence-corrected chi connectivity index (χ3v) is 2.50. The van der Waals surface area contributed by atoms with Crippen LogP contribution >= 0.6 is 0 Å². The summed E-state index contributed by atoms with van der Waals surface area (Å²) in [6, 6.07) is 1.51. The van der Waals surface area contributed by atoms with Crippen LogP contribution in [0.1, 0.15) is 25.3 Å². The Hall–Kier alpha value is -2.31. The number of hydrogen-bond acceptors (Lipinski definition) is 5. The molecule has 2 N–H and O–H groups in total. The summed E-state index contributed by atoms with van der Waals surface area (Å²) in [4.78, 5) is 26.4. The number of carbonyl (C=O) groups excluding carboxylic acids is 1. The highest BCUT2D eigenvalue weighted by Crippen LogP contribution is 2.26. The normalized spacial score (nSPS) is 9.90. The molecule has 0 saturated carbocycles. The Morgan fingerprint density at radius 2 is 2.20 bits per heavy atom. The lowest BCUT2D eigenvalue weighted by molar-refractivity contribution is -0.136. The van der Waals surface area contributed by atoms with Crippen LogP contribution in [0, 0.1) is 0 Å². The van der Waals surface area contributed by atoms with Gasteiger partial charge in [-0.25, -0.2) is 9.78 Å². The van der Waals surface area contributed by atoms with Crippen LogP contribution in [0.25, 0.3) is 0 Å². The molecule has 110 valence electrons. The van der Waals surface area contributed by atoms with E-state index in [1.54, 1.807) is 0 Å². The van der Waals surface area contributed by atoms with Gasteiger partial charge in [0.2, 0.25) is 5.88 Å². The van der Waals surface area contributed by atoms with Gasteiger partial charge in [0, 0.05) is 6.20 Å². The van der Waals surface area contributed by atoms with Gasteiger partial charge in [-0.15, -0.1) is 0 Å². The largest absolute Gasteiger partial charge is 0.481 e. The van der Waals surface area contributed by atoms with Crippen molar-refractivity contribution in [1.82, 2.24) is 4.98 Å². The first-order valence-electron chi connectivity index (χ1n) is 6.26. The lowest BCUT2D eigenvalue weighted by Gasteiger charge is -2.13. The second-order valence-corrected chi connectivity index (χ2v) is 4.04. The summed E-state index contributed by atoms with van der Waals surface area (Å²) in [7, 11) is 1.39. The summed E-state index contributed by atoms with van der Waals surface area (Å²) >= 11 is 0. The molecule has 0 atom stereocenters. The average molecular weight is 282 g/mol. The lowest BCUT2D eigenvalue weighted by atomic mass is 10.1. The highest BCUT2D eigenvalue weighted by atomic mass is 16.5. The maximum absolute atomic E-state index is 11.6. The summed E-state index contributed by atoms with van der Waals surface area (Å²) in [6.45, 7) is 2.29. The molecule has 0 fully saturated rings. The van der Waals surface area contributed by atoms with Gasteiger partial charge >= 0.3 is 12.1 Å². The van der Waals surface area contributed by atoms with E-state index in [4.69, 9.17) is 14.6 Å². The van der Waals surface area contributed by atoms with Gasteiger partial charge in [-0.2, -0.15) is 0 Å². The smallest absolute Gasteiger partial charge is 0.411 e. The first-order valence-corrected chi connectivity index (χ1v) is 6.26. The maximum Gasteiger partial charge on any atom is 0.411 e. The number of carbonyl (C=O) groups is 2. The molecule has 1 aromatic rings. The minimum atomic E-state index is -1.01. The molecule has 0 bridgehead atoms. The molecule has 0 unspecified atom stereocenters. The molecule has 1 heterocycles. The molecule has 0 spiro atoms. The van der Waals surface area contributed by atoms with Gasteiger partial charge in [-0.3, -0.25) is 10.1 Å². The zero-order valence-corrected chi connectivity index (χ0v) is 11.5. The van der Waals surface area contributed by atoms with E-state index in [2.05, 4.69) is 10.3 Å². The molecule has 7 heteroatoms. The summed E-state index contributed by atoms with van der Waals surface area (Å²) in [5, 5.41) is 11.3. The van der Waals surface area contributed by atoms with Gasteiger partial charge in [0.25, 0.3) is 0 Å². The number of nitrogens with zero attached hydrogens (tertiary/aromatic N) is 1. The molecule has 20 heavy (non-hydrogen) atoms. The van der Waals surface area contributed by atoms with Gasteiger partial charge in [0.05, 0.1) is 20.1 Å². The first kappa shape index (κ1) is 15.7. The summed E-state index contributed by atoms with van der Waals surface area (Å²) < 4.78 is 9.98. The molecule has 0 aromatic carbocycles. The van der Waals surface area contributed by atoms with Crippen LogP contribution in [0.3, 0.4) is 0 Å². The topological polar surface area (TPSA) is 97.8 Å². The zero-order chi connectivity index (χ0) is 15.0. The molecule has 7 nitrogen and oxygen atoms in total. The van der Waals surface area contributed by atoms with Crippen molar-refractivity contribution >= 4 is 17.7 Å². The van der Waals surface area contributed by atoms with Gasteiger partial charge in [-0.1, -0.05) is 13.3 Å². The number of aliphatic carboxylic acids is 1. The number of carboxylic acid groups (broad SMARTS) is 1. The fourth-order valence-corrected chi connectivity index (χ4v) is 1.53. The number of nitrogens with one attached hydrogen (secondary N) is 1. The number of methoxy groups -OCH3 is 1. The zero-order valence-electron chi connectivity index (χ0n) is 11.5. The second-order valence-electron chi connectivity index (χ2n) is 4.04. The highest BCUT2D eigenvalue weighted by molar-refractivity contribution is 5.88. The number of carboxylic acids is 1. The number of amides is 1. The van der Waals surface area contributed by atoms with Gasteiger partial charge in [-0.05, 0) is 18.1 Å². The third-order valence-electron chi connectivity index (χ3n) is 2.50. The van der Waals surface area contributed by atoms with Crippen molar-refractivity contribution in [1.29, 1.82) is 0 Å². The molecule has 0 aliphatic carbocycles. The van der Waals surface area contributed by atoms with Crippen LogP contribution < -0.4 is 10.1 Å². The summed E-state index contributed by atoms with van der Waals surface area (Å²) in [6.07, 6.45) is 2.19. The predicted octanol–water partition coefficient (Wildman–Crippen LogP) is 2.07. The van der Waals surface area contributed by atoms with E-state index in [0.717, 1.165) is 12.8 Å². The van der Waals surface area contributed by atoms with Crippen molar-refractivity contribution in [3.8, 4) is 5.88 Å². The Kier molecular flexibility index (Phi) is 6.28. The number of rotatable bonds is 7. The van der Waals surface area contributed by atoms with Crippen molar-refractivity contribution in [2.75, 3.05) is 19.0 Å². The number of hydrogen-bond donors (Lipinski definition) is 2. The van der Waals surface area contributed by atoms with Crippen LogP contribution in [0.5, 0.6) is 5.88 Å². The van der Waals surface area contributed by atoms with Crippen LogP contribution in [0.15, 0.2) is 12.3 Å². The van der Waals surface area contributed by atoms with E-state index >= 15 is 0 Å².